The predicted molar refractivity (Wildman–Crippen MR) is 77.0 cm³/mol. The van der Waals surface area contributed by atoms with Gasteiger partial charge in [0.1, 0.15) is 5.82 Å². The fourth-order valence-corrected chi connectivity index (χ4v) is 1.91. The molecule has 2 rings (SSSR count). The highest BCUT2D eigenvalue weighted by atomic mass is 79.9. The SMILES string of the molecule is Cc1cc(NCc2ccc(Br)cc2)c(N)cc1F. The van der Waals surface area contributed by atoms with Crippen molar-refractivity contribution >= 4 is 27.3 Å². The number of hydrogen-bond donors (Lipinski definition) is 2. The topological polar surface area (TPSA) is 38.0 Å². The molecule has 0 aliphatic carbocycles. The summed E-state index contributed by atoms with van der Waals surface area (Å²) in [5.41, 5.74) is 8.68. The Labute approximate surface area is 114 Å². The van der Waals surface area contributed by atoms with Crippen LogP contribution < -0.4 is 11.1 Å². The highest BCUT2D eigenvalue weighted by molar-refractivity contribution is 9.10. The molecule has 0 saturated heterocycles. The third kappa shape index (κ3) is 3.01. The molecule has 0 spiro atoms. The van der Waals surface area contributed by atoms with E-state index in [-0.39, 0.29) is 5.82 Å². The van der Waals surface area contributed by atoms with E-state index in [9.17, 15) is 4.39 Å². The maximum atomic E-state index is 13.3. The van der Waals surface area contributed by atoms with E-state index in [0.717, 1.165) is 15.7 Å². The molecule has 18 heavy (non-hydrogen) atoms. The molecule has 0 unspecified atom stereocenters. The molecule has 94 valence electrons. The molecule has 2 nitrogen and oxygen atoms in total. The number of nitrogens with one attached hydrogen (secondary N) is 1. The van der Waals surface area contributed by atoms with E-state index < -0.39 is 0 Å². The number of aryl methyl sites for hydroxylation is 1. The lowest BCUT2D eigenvalue weighted by atomic mass is 10.1. The van der Waals surface area contributed by atoms with Crippen molar-refractivity contribution in [1.82, 2.24) is 0 Å². The van der Waals surface area contributed by atoms with Gasteiger partial charge in [-0.15, -0.1) is 0 Å². The summed E-state index contributed by atoms with van der Waals surface area (Å²) in [7, 11) is 0. The summed E-state index contributed by atoms with van der Waals surface area (Å²) in [5, 5.41) is 3.21. The van der Waals surface area contributed by atoms with Gasteiger partial charge in [0.25, 0.3) is 0 Å². The quantitative estimate of drug-likeness (QED) is 0.838. The maximum absolute atomic E-state index is 13.3. The van der Waals surface area contributed by atoms with Crippen LogP contribution in [0.5, 0.6) is 0 Å². The maximum Gasteiger partial charge on any atom is 0.128 e. The van der Waals surface area contributed by atoms with Crippen molar-refractivity contribution in [1.29, 1.82) is 0 Å². The molecule has 0 aliphatic heterocycles. The van der Waals surface area contributed by atoms with E-state index in [1.54, 1.807) is 13.0 Å². The van der Waals surface area contributed by atoms with Crippen LogP contribution in [-0.2, 0) is 6.54 Å². The number of hydrogen-bond acceptors (Lipinski definition) is 2. The van der Waals surface area contributed by atoms with Crippen LogP contribution in [0.1, 0.15) is 11.1 Å². The Balaban J connectivity index is 2.10. The van der Waals surface area contributed by atoms with Gasteiger partial charge in [0, 0.05) is 11.0 Å². The van der Waals surface area contributed by atoms with Gasteiger partial charge in [0.2, 0.25) is 0 Å². The summed E-state index contributed by atoms with van der Waals surface area (Å²) in [6.45, 7) is 2.38. The van der Waals surface area contributed by atoms with Crippen LogP contribution in [0.2, 0.25) is 0 Å². The summed E-state index contributed by atoms with van der Waals surface area (Å²) in [5.74, 6) is -0.276. The first-order chi connectivity index (χ1) is 8.56. The molecular weight excluding hydrogens is 295 g/mol. The Morgan fingerprint density at radius 3 is 2.56 bits per heavy atom. The summed E-state index contributed by atoms with van der Waals surface area (Å²) >= 11 is 3.39. The minimum absolute atomic E-state index is 0.276. The second-order valence-corrected chi connectivity index (χ2v) is 5.08. The zero-order valence-electron chi connectivity index (χ0n) is 10.0. The first-order valence-corrected chi connectivity index (χ1v) is 6.39. The minimum atomic E-state index is -0.276. The van der Waals surface area contributed by atoms with Crippen molar-refractivity contribution < 1.29 is 4.39 Å². The van der Waals surface area contributed by atoms with E-state index >= 15 is 0 Å². The predicted octanol–water partition coefficient (Wildman–Crippen LogP) is 4.09. The second kappa shape index (κ2) is 5.40. The Kier molecular flexibility index (Phi) is 3.87. The molecule has 0 aliphatic rings. The van der Waals surface area contributed by atoms with Gasteiger partial charge in [-0.05, 0) is 42.3 Å². The van der Waals surface area contributed by atoms with Crippen LogP contribution in [0.4, 0.5) is 15.8 Å². The molecule has 2 aromatic carbocycles. The van der Waals surface area contributed by atoms with Crippen molar-refractivity contribution in [2.75, 3.05) is 11.1 Å². The molecule has 2 aromatic rings. The highest BCUT2D eigenvalue weighted by Gasteiger charge is 2.04. The average molecular weight is 309 g/mol. The number of anilines is 2. The number of nitrogens with two attached hydrogens (primary N) is 1. The molecule has 0 fully saturated rings. The third-order valence-electron chi connectivity index (χ3n) is 2.73. The van der Waals surface area contributed by atoms with Crippen LogP contribution in [0.3, 0.4) is 0 Å². The molecule has 0 radical (unpaired) electrons. The van der Waals surface area contributed by atoms with Gasteiger partial charge in [-0.25, -0.2) is 4.39 Å². The number of nitrogen functional groups attached to an aromatic ring is 1. The summed E-state index contributed by atoms with van der Waals surface area (Å²) in [6.07, 6.45) is 0. The van der Waals surface area contributed by atoms with E-state index in [1.165, 1.54) is 6.07 Å². The van der Waals surface area contributed by atoms with Crippen molar-refractivity contribution in [2.24, 2.45) is 0 Å². The first kappa shape index (κ1) is 12.9. The van der Waals surface area contributed by atoms with Crippen LogP contribution in [0, 0.1) is 12.7 Å². The van der Waals surface area contributed by atoms with Crippen molar-refractivity contribution in [3.8, 4) is 0 Å². The number of benzene rings is 2. The van der Waals surface area contributed by atoms with E-state index in [2.05, 4.69) is 21.2 Å². The van der Waals surface area contributed by atoms with Gasteiger partial charge in [-0.3, -0.25) is 0 Å². The lowest BCUT2D eigenvalue weighted by molar-refractivity contribution is 0.619. The molecule has 0 amide bonds. The fourth-order valence-electron chi connectivity index (χ4n) is 1.65. The van der Waals surface area contributed by atoms with Gasteiger partial charge in [-0.1, -0.05) is 28.1 Å². The Hall–Kier alpha value is -1.55. The summed E-state index contributed by atoms with van der Waals surface area (Å²) in [4.78, 5) is 0. The first-order valence-electron chi connectivity index (χ1n) is 5.60. The third-order valence-corrected chi connectivity index (χ3v) is 3.26. The molecule has 0 saturated carbocycles. The Morgan fingerprint density at radius 1 is 1.22 bits per heavy atom. The van der Waals surface area contributed by atoms with Gasteiger partial charge in [-0.2, -0.15) is 0 Å². The molecule has 0 aromatic heterocycles. The molecule has 0 bridgehead atoms. The van der Waals surface area contributed by atoms with Crippen LogP contribution in [-0.4, -0.2) is 0 Å². The van der Waals surface area contributed by atoms with Gasteiger partial charge >= 0.3 is 0 Å². The Morgan fingerprint density at radius 2 is 1.89 bits per heavy atom. The van der Waals surface area contributed by atoms with E-state index in [0.29, 0.717) is 17.8 Å². The number of halogens is 2. The van der Waals surface area contributed by atoms with Crippen molar-refractivity contribution in [2.45, 2.75) is 13.5 Å². The minimum Gasteiger partial charge on any atom is -0.397 e. The molecule has 3 N–H and O–H groups in total. The van der Waals surface area contributed by atoms with E-state index in [1.807, 2.05) is 24.3 Å². The fraction of sp³-hybridized carbons (Fsp3) is 0.143. The Bertz CT molecular complexity index is 552. The lowest BCUT2D eigenvalue weighted by Gasteiger charge is -2.11. The summed E-state index contributed by atoms with van der Waals surface area (Å²) < 4.78 is 14.3. The van der Waals surface area contributed by atoms with Gasteiger partial charge in [0.15, 0.2) is 0 Å². The standard InChI is InChI=1S/C14H14BrFN2/c1-9-6-14(13(17)7-12(9)16)18-8-10-2-4-11(15)5-3-10/h2-7,18H,8,17H2,1H3. The largest absolute Gasteiger partial charge is 0.397 e. The van der Waals surface area contributed by atoms with Crippen LogP contribution >= 0.6 is 15.9 Å². The van der Waals surface area contributed by atoms with Crippen LogP contribution in [0.15, 0.2) is 40.9 Å². The van der Waals surface area contributed by atoms with Gasteiger partial charge in [0.05, 0.1) is 11.4 Å². The van der Waals surface area contributed by atoms with Crippen molar-refractivity contribution in [3.63, 3.8) is 0 Å². The molecule has 4 heteroatoms. The smallest absolute Gasteiger partial charge is 0.128 e. The molecular formula is C14H14BrFN2. The highest BCUT2D eigenvalue weighted by Crippen LogP contribution is 2.23. The molecule has 0 heterocycles. The summed E-state index contributed by atoms with van der Waals surface area (Å²) in [6, 6.07) is 11.1. The van der Waals surface area contributed by atoms with E-state index in [4.69, 9.17) is 5.73 Å². The van der Waals surface area contributed by atoms with Crippen LogP contribution in [0.25, 0.3) is 0 Å². The zero-order valence-corrected chi connectivity index (χ0v) is 11.6. The normalized spacial score (nSPS) is 10.4. The van der Waals surface area contributed by atoms with Gasteiger partial charge < -0.3 is 11.1 Å². The van der Waals surface area contributed by atoms with Crippen molar-refractivity contribution in [3.05, 3.63) is 57.8 Å². The monoisotopic (exact) mass is 308 g/mol. The average Bonchev–Trinajstić information content (AvgIpc) is 2.34. The number of rotatable bonds is 3. The lowest BCUT2D eigenvalue weighted by Crippen LogP contribution is -2.03. The second-order valence-electron chi connectivity index (χ2n) is 4.17. The molecule has 0 atom stereocenters. The zero-order chi connectivity index (χ0) is 13.1.